The van der Waals surface area contributed by atoms with Gasteiger partial charge in [-0.25, -0.2) is 0 Å². The van der Waals surface area contributed by atoms with E-state index in [2.05, 4.69) is 5.32 Å². The second-order valence-electron chi connectivity index (χ2n) is 9.42. The van der Waals surface area contributed by atoms with E-state index in [1.165, 1.54) is 0 Å². The molecule has 3 aromatic rings. The van der Waals surface area contributed by atoms with Crippen LogP contribution in [0.4, 0.5) is 11.4 Å². The van der Waals surface area contributed by atoms with Gasteiger partial charge in [0.2, 0.25) is 12.7 Å². The van der Waals surface area contributed by atoms with Crippen LogP contribution >= 0.6 is 0 Å². The van der Waals surface area contributed by atoms with Crippen molar-refractivity contribution in [1.82, 2.24) is 5.32 Å². The molecular weight excluding hydrogens is 458 g/mol. The highest BCUT2D eigenvalue weighted by atomic mass is 16.7. The second-order valence-corrected chi connectivity index (χ2v) is 9.42. The lowest BCUT2D eigenvalue weighted by atomic mass is 9.77. The third kappa shape index (κ3) is 3.36. The van der Waals surface area contributed by atoms with Gasteiger partial charge in [-0.3, -0.25) is 9.59 Å². The molecule has 0 radical (unpaired) electrons. The molecule has 0 saturated carbocycles. The number of carbonyl (C=O) groups is 2. The number of rotatable bonds is 6. The molecule has 8 nitrogen and oxygen atoms in total. The number of nitrogens with one attached hydrogen (secondary N) is 1. The van der Waals surface area contributed by atoms with Crippen molar-refractivity contribution < 1.29 is 23.8 Å². The Bertz CT molecular complexity index is 1350. The van der Waals surface area contributed by atoms with Crippen molar-refractivity contribution in [2.24, 2.45) is 0 Å². The Balaban J connectivity index is 1.18. The first-order chi connectivity index (χ1) is 17.5. The summed E-state index contributed by atoms with van der Waals surface area (Å²) >= 11 is 0. The van der Waals surface area contributed by atoms with E-state index in [1.54, 1.807) is 0 Å². The molecule has 3 heterocycles. The van der Waals surface area contributed by atoms with Gasteiger partial charge in [-0.15, -0.1) is 0 Å². The van der Waals surface area contributed by atoms with Gasteiger partial charge in [0.1, 0.15) is 17.8 Å². The van der Waals surface area contributed by atoms with Gasteiger partial charge in [0.05, 0.1) is 0 Å². The van der Waals surface area contributed by atoms with Crippen molar-refractivity contribution in [2.75, 3.05) is 50.4 Å². The fourth-order valence-electron chi connectivity index (χ4n) is 5.24. The maximum Gasteiger partial charge on any atom is 0.251 e. The average molecular weight is 486 g/mol. The van der Waals surface area contributed by atoms with Crippen molar-refractivity contribution in [3.8, 4) is 17.2 Å². The van der Waals surface area contributed by atoms with E-state index in [9.17, 15) is 9.59 Å². The zero-order chi connectivity index (χ0) is 24.9. The number of nitrogens with zero attached hydrogens (tertiary/aromatic N) is 2. The summed E-state index contributed by atoms with van der Waals surface area (Å²) in [5.74, 6) is 1.76. The molecule has 0 fully saturated rings. The Morgan fingerprint density at radius 3 is 2.50 bits per heavy atom. The summed E-state index contributed by atoms with van der Waals surface area (Å²) < 4.78 is 17.1. The van der Waals surface area contributed by atoms with Crippen molar-refractivity contribution in [3.05, 3.63) is 77.4 Å². The summed E-state index contributed by atoms with van der Waals surface area (Å²) in [6, 6.07) is 19.0. The van der Waals surface area contributed by atoms with E-state index in [-0.39, 0.29) is 25.2 Å². The Labute approximate surface area is 209 Å². The van der Waals surface area contributed by atoms with Crippen molar-refractivity contribution >= 4 is 23.2 Å². The van der Waals surface area contributed by atoms with E-state index in [0.29, 0.717) is 42.3 Å². The lowest BCUT2D eigenvalue weighted by molar-refractivity contribution is -0.122. The molecule has 1 unspecified atom stereocenters. The smallest absolute Gasteiger partial charge is 0.251 e. The summed E-state index contributed by atoms with van der Waals surface area (Å²) in [4.78, 5) is 30.3. The van der Waals surface area contributed by atoms with Crippen LogP contribution in [0, 0.1) is 0 Å². The van der Waals surface area contributed by atoms with Gasteiger partial charge in [-0.1, -0.05) is 18.2 Å². The van der Waals surface area contributed by atoms with Gasteiger partial charge in [-0.2, -0.15) is 0 Å². The number of hydrogen-bond donors (Lipinski definition) is 1. The highest BCUT2D eigenvalue weighted by Crippen LogP contribution is 2.54. The highest BCUT2D eigenvalue weighted by Gasteiger charge is 2.57. The Morgan fingerprint density at radius 1 is 0.972 bits per heavy atom. The largest absolute Gasteiger partial charge is 0.491 e. The summed E-state index contributed by atoms with van der Waals surface area (Å²) in [6.45, 7) is 1.33. The van der Waals surface area contributed by atoms with Gasteiger partial charge in [0.15, 0.2) is 11.5 Å². The zero-order valence-corrected chi connectivity index (χ0v) is 20.2. The van der Waals surface area contributed by atoms with Crippen LogP contribution in [0.15, 0.2) is 60.7 Å². The SMILES string of the molecule is CN(C)c1ccc(C(=O)NCCCN2C(=O)C3(COc4cc5c(cc43)OCO5)c3ccccc32)cc1. The number of fused-ring (bicyclic) bond motifs is 5. The molecule has 3 aromatic carbocycles. The van der Waals surface area contributed by atoms with Gasteiger partial charge < -0.3 is 29.3 Å². The van der Waals surface area contributed by atoms with E-state index >= 15 is 0 Å². The third-order valence-corrected chi connectivity index (χ3v) is 7.13. The van der Waals surface area contributed by atoms with Crippen LogP contribution in [-0.4, -0.2) is 52.4 Å². The normalized spacial score (nSPS) is 18.7. The molecule has 3 aliphatic heterocycles. The van der Waals surface area contributed by atoms with Gasteiger partial charge >= 0.3 is 0 Å². The monoisotopic (exact) mass is 485 g/mol. The number of benzene rings is 3. The van der Waals surface area contributed by atoms with Gasteiger partial charge in [-0.05, 0) is 48.4 Å². The van der Waals surface area contributed by atoms with Crippen LogP contribution in [0.2, 0.25) is 0 Å². The van der Waals surface area contributed by atoms with Crippen LogP contribution in [0.3, 0.4) is 0 Å². The standard InChI is InChI=1S/C28H27N3O5/c1-30(2)19-10-8-18(9-11-19)26(32)29-12-5-13-31-22-7-4-3-6-20(22)28(27(31)33)16-34-23-15-25-24(14-21(23)28)35-17-36-25/h3-4,6-11,14-15H,5,12-13,16-17H2,1-2H3,(H,29,32). The fraction of sp³-hybridized carbons (Fsp3) is 0.286. The molecule has 0 bridgehead atoms. The van der Waals surface area contributed by atoms with Crippen LogP contribution in [0.25, 0.3) is 0 Å². The van der Waals surface area contributed by atoms with Crippen molar-refractivity contribution in [2.45, 2.75) is 11.8 Å². The second kappa shape index (κ2) is 8.48. The molecule has 1 spiro atoms. The summed E-state index contributed by atoms with van der Waals surface area (Å²) in [5, 5.41) is 2.97. The summed E-state index contributed by atoms with van der Waals surface area (Å²) in [7, 11) is 3.92. The van der Waals surface area contributed by atoms with Crippen LogP contribution in [-0.2, 0) is 10.2 Å². The van der Waals surface area contributed by atoms with Crippen molar-refractivity contribution in [3.63, 3.8) is 0 Å². The number of amides is 2. The number of carbonyl (C=O) groups excluding carboxylic acids is 2. The quantitative estimate of drug-likeness (QED) is 0.540. The fourth-order valence-corrected chi connectivity index (χ4v) is 5.24. The van der Waals surface area contributed by atoms with Crippen molar-refractivity contribution in [1.29, 1.82) is 0 Å². The zero-order valence-electron chi connectivity index (χ0n) is 20.2. The summed E-state index contributed by atoms with van der Waals surface area (Å²) in [6.07, 6.45) is 0.618. The summed E-state index contributed by atoms with van der Waals surface area (Å²) in [5.41, 5.74) is 3.35. The molecule has 8 heteroatoms. The first-order valence-corrected chi connectivity index (χ1v) is 12.0. The molecule has 0 aliphatic carbocycles. The molecule has 1 N–H and O–H groups in total. The number of hydrogen-bond acceptors (Lipinski definition) is 6. The lowest BCUT2D eigenvalue weighted by Gasteiger charge is -2.23. The third-order valence-electron chi connectivity index (χ3n) is 7.13. The molecule has 2 amide bonds. The van der Waals surface area contributed by atoms with E-state index in [0.717, 1.165) is 22.5 Å². The molecule has 1 atom stereocenters. The minimum Gasteiger partial charge on any atom is -0.491 e. The van der Waals surface area contributed by atoms with Gasteiger partial charge in [0.25, 0.3) is 5.91 Å². The first kappa shape index (κ1) is 22.3. The Morgan fingerprint density at radius 2 is 1.72 bits per heavy atom. The van der Waals surface area contributed by atoms with Crippen LogP contribution in [0.1, 0.15) is 27.9 Å². The highest BCUT2D eigenvalue weighted by molar-refractivity contribution is 6.11. The Kier molecular flexibility index (Phi) is 5.25. The maximum absolute atomic E-state index is 14.0. The molecule has 3 aliphatic rings. The van der Waals surface area contributed by atoms with Gasteiger partial charge in [0, 0.05) is 55.8 Å². The van der Waals surface area contributed by atoms with E-state index in [4.69, 9.17) is 14.2 Å². The average Bonchev–Trinajstić information content (AvgIpc) is 3.57. The number of ether oxygens (including phenoxy) is 3. The minimum atomic E-state index is -0.912. The first-order valence-electron chi connectivity index (χ1n) is 12.0. The van der Waals surface area contributed by atoms with Crippen LogP contribution in [0.5, 0.6) is 17.2 Å². The predicted octanol–water partition coefficient (Wildman–Crippen LogP) is 3.33. The molecule has 6 rings (SSSR count). The lowest BCUT2D eigenvalue weighted by Crippen LogP contribution is -2.43. The maximum atomic E-state index is 14.0. The molecule has 36 heavy (non-hydrogen) atoms. The topological polar surface area (TPSA) is 80.3 Å². The minimum absolute atomic E-state index is 0.0214. The van der Waals surface area contributed by atoms with E-state index < -0.39 is 5.41 Å². The van der Waals surface area contributed by atoms with E-state index in [1.807, 2.05) is 84.6 Å². The number of para-hydroxylation sites is 1. The predicted molar refractivity (Wildman–Crippen MR) is 135 cm³/mol. The van der Waals surface area contributed by atoms with Crippen LogP contribution < -0.4 is 29.3 Å². The molecule has 184 valence electrons. The molecular formula is C28H27N3O5. The molecule has 0 aromatic heterocycles. The molecule has 0 saturated heterocycles. The Hall–Kier alpha value is -4.20. The number of anilines is 2.